The highest BCUT2D eigenvalue weighted by molar-refractivity contribution is 5.78. The number of carbonyl (C=O) groups excluding carboxylic acids is 1. The number of aliphatic hydroxyl groups excluding tert-OH is 1. The fourth-order valence-electron chi connectivity index (χ4n) is 3.13. The summed E-state index contributed by atoms with van der Waals surface area (Å²) >= 11 is 0. The molecule has 5 nitrogen and oxygen atoms in total. The van der Waals surface area contributed by atoms with Gasteiger partial charge in [-0.1, -0.05) is 18.2 Å². The van der Waals surface area contributed by atoms with Gasteiger partial charge in [0.25, 0.3) is 5.91 Å². The molecule has 2 heterocycles. The number of rotatable bonds is 5. The molecule has 1 aliphatic heterocycles. The van der Waals surface area contributed by atoms with E-state index >= 15 is 0 Å². The maximum atomic E-state index is 12.4. The molecule has 1 fully saturated rings. The van der Waals surface area contributed by atoms with Gasteiger partial charge in [0, 0.05) is 43.4 Å². The largest absolute Gasteiger partial charge is 0.484 e. The zero-order valence-electron chi connectivity index (χ0n) is 13.8. The summed E-state index contributed by atoms with van der Waals surface area (Å²) in [4.78, 5) is 18.6. The predicted molar refractivity (Wildman–Crippen MR) is 90.8 cm³/mol. The minimum Gasteiger partial charge on any atom is -0.484 e. The van der Waals surface area contributed by atoms with E-state index in [4.69, 9.17) is 4.74 Å². The van der Waals surface area contributed by atoms with Gasteiger partial charge in [-0.15, -0.1) is 0 Å². The molecule has 1 aromatic heterocycles. The first kappa shape index (κ1) is 16.5. The summed E-state index contributed by atoms with van der Waals surface area (Å²) in [5, 5.41) is 9.64. The SMILES string of the molecule is Cc1cccc(OCC(=O)N2C[C@@H](CO)[C@H](c3ccccn3)C2)c1. The Hall–Kier alpha value is -2.40. The van der Waals surface area contributed by atoms with E-state index in [0.717, 1.165) is 11.3 Å². The zero-order chi connectivity index (χ0) is 16.9. The van der Waals surface area contributed by atoms with E-state index in [1.807, 2.05) is 49.4 Å². The molecule has 2 aromatic rings. The molecule has 24 heavy (non-hydrogen) atoms. The Morgan fingerprint density at radius 1 is 1.29 bits per heavy atom. The Balaban J connectivity index is 1.61. The number of benzene rings is 1. The number of pyridine rings is 1. The van der Waals surface area contributed by atoms with Crippen molar-refractivity contribution < 1.29 is 14.6 Å². The standard InChI is InChI=1S/C19H22N2O3/c1-14-5-4-6-16(9-14)24-13-19(23)21-10-15(12-22)17(11-21)18-7-2-3-8-20-18/h2-9,15,17,22H,10-13H2,1H3/t15-,17+/m0/s1. The molecule has 0 bridgehead atoms. The van der Waals surface area contributed by atoms with Gasteiger partial charge < -0.3 is 14.7 Å². The summed E-state index contributed by atoms with van der Waals surface area (Å²) in [7, 11) is 0. The third-order valence-electron chi connectivity index (χ3n) is 4.45. The molecular weight excluding hydrogens is 304 g/mol. The van der Waals surface area contributed by atoms with E-state index in [1.165, 1.54) is 0 Å². The summed E-state index contributed by atoms with van der Waals surface area (Å²) in [6.45, 7) is 3.14. The highest BCUT2D eigenvalue weighted by Gasteiger charge is 2.36. The molecule has 0 saturated carbocycles. The lowest BCUT2D eigenvalue weighted by molar-refractivity contribution is -0.132. The van der Waals surface area contributed by atoms with Crippen molar-refractivity contribution in [2.75, 3.05) is 26.3 Å². The van der Waals surface area contributed by atoms with Crippen molar-refractivity contribution in [1.82, 2.24) is 9.88 Å². The monoisotopic (exact) mass is 326 g/mol. The number of aliphatic hydroxyl groups is 1. The molecule has 0 aliphatic carbocycles. The second-order valence-corrected chi connectivity index (χ2v) is 6.21. The second-order valence-electron chi connectivity index (χ2n) is 6.21. The van der Waals surface area contributed by atoms with Gasteiger partial charge in [-0.3, -0.25) is 9.78 Å². The van der Waals surface area contributed by atoms with Crippen LogP contribution in [-0.2, 0) is 4.79 Å². The third-order valence-corrected chi connectivity index (χ3v) is 4.45. The highest BCUT2D eigenvalue weighted by Crippen LogP contribution is 2.31. The van der Waals surface area contributed by atoms with Gasteiger partial charge in [-0.25, -0.2) is 0 Å². The lowest BCUT2D eigenvalue weighted by Crippen LogP contribution is -2.33. The van der Waals surface area contributed by atoms with Gasteiger partial charge in [0.05, 0.1) is 0 Å². The number of carbonyl (C=O) groups is 1. The minimum atomic E-state index is -0.0617. The lowest BCUT2D eigenvalue weighted by Gasteiger charge is -2.17. The van der Waals surface area contributed by atoms with Crippen LogP contribution >= 0.6 is 0 Å². The number of nitrogens with zero attached hydrogens (tertiary/aromatic N) is 2. The van der Waals surface area contributed by atoms with Gasteiger partial charge in [0.1, 0.15) is 5.75 Å². The molecule has 0 unspecified atom stereocenters. The normalized spacial score (nSPS) is 20.2. The summed E-state index contributed by atoms with van der Waals surface area (Å²) in [5.74, 6) is 0.720. The molecule has 1 aromatic carbocycles. The fourth-order valence-corrected chi connectivity index (χ4v) is 3.13. The molecule has 1 aliphatic rings. The maximum Gasteiger partial charge on any atom is 0.260 e. The van der Waals surface area contributed by atoms with Crippen LogP contribution in [0.5, 0.6) is 5.75 Å². The van der Waals surface area contributed by atoms with E-state index in [2.05, 4.69) is 4.98 Å². The van der Waals surface area contributed by atoms with Gasteiger partial charge >= 0.3 is 0 Å². The van der Waals surface area contributed by atoms with E-state index < -0.39 is 0 Å². The van der Waals surface area contributed by atoms with Crippen LogP contribution in [0.25, 0.3) is 0 Å². The summed E-state index contributed by atoms with van der Waals surface area (Å²) in [6.07, 6.45) is 1.75. The van der Waals surface area contributed by atoms with E-state index in [-0.39, 0.29) is 31.0 Å². The highest BCUT2D eigenvalue weighted by atomic mass is 16.5. The third kappa shape index (κ3) is 3.74. The van der Waals surface area contributed by atoms with Crippen LogP contribution in [0.2, 0.25) is 0 Å². The Morgan fingerprint density at radius 2 is 2.17 bits per heavy atom. The number of hydrogen-bond acceptors (Lipinski definition) is 4. The predicted octanol–water partition coefficient (Wildman–Crippen LogP) is 2.00. The van der Waals surface area contributed by atoms with Gasteiger partial charge in [-0.05, 0) is 36.8 Å². The quantitative estimate of drug-likeness (QED) is 0.913. The van der Waals surface area contributed by atoms with Crippen molar-refractivity contribution in [2.24, 2.45) is 5.92 Å². The number of hydrogen-bond donors (Lipinski definition) is 1. The van der Waals surface area contributed by atoms with Crippen molar-refractivity contribution in [1.29, 1.82) is 0 Å². The zero-order valence-corrected chi connectivity index (χ0v) is 13.8. The number of aromatic nitrogens is 1. The van der Waals surface area contributed by atoms with Crippen LogP contribution in [0.1, 0.15) is 17.2 Å². The average Bonchev–Trinajstić information content (AvgIpc) is 3.05. The van der Waals surface area contributed by atoms with Gasteiger partial charge in [0.15, 0.2) is 6.61 Å². The molecule has 1 amide bonds. The van der Waals surface area contributed by atoms with Crippen LogP contribution in [0, 0.1) is 12.8 Å². The van der Waals surface area contributed by atoms with Gasteiger partial charge in [-0.2, -0.15) is 0 Å². The Kier molecular flexibility index (Phi) is 5.11. The molecule has 5 heteroatoms. The lowest BCUT2D eigenvalue weighted by atomic mass is 9.93. The minimum absolute atomic E-state index is 0.0105. The first-order chi connectivity index (χ1) is 11.7. The van der Waals surface area contributed by atoms with Crippen LogP contribution < -0.4 is 4.74 Å². The van der Waals surface area contributed by atoms with Crippen molar-refractivity contribution in [3.8, 4) is 5.75 Å². The molecule has 2 atom stereocenters. The van der Waals surface area contributed by atoms with Gasteiger partial charge in [0.2, 0.25) is 0 Å². The number of aryl methyl sites for hydroxylation is 1. The number of likely N-dealkylation sites (tertiary alicyclic amines) is 1. The Bertz CT molecular complexity index is 690. The first-order valence-corrected chi connectivity index (χ1v) is 8.16. The molecular formula is C19H22N2O3. The number of ether oxygens (including phenoxy) is 1. The van der Waals surface area contributed by atoms with E-state index in [1.54, 1.807) is 11.1 Å². The summed E-state index contributed by atoms with van der Waals surface area (Å²) in [5.41, 5.74) is 2.02. The molecule has 1 saturated heterocycles. The van der Waals surface area contributed by atoms with Crippen molar-refractivity contribution >= 4 is 5.91 Å². The van der Waals surface area contributed by atoms with Crippen molar-refractivity contribution in [2.45, 2.75) is 12.8 Å². The van der Waals surface area contributed by atoms with Crippen LogP contribution in [0.4, 0.5) is 0 Å². The fraction of sp³-hybridized carbons (Fsp3) is 0.368. The molecule has 3 rings (SSSR count). The molecule has 0 radical (unpaired) electrons. The first-order valence-electron chi connectivity index (χ1n) is 8.16. The van der Waals surface area contributed by atoms with E-state index in [0.29, 0.717) is 18.8 Å². The van der Waals surface area contributed by atoms with Crippen LogP contribution in [-0.4, -0.2) is 47.2 Å². The van der Waals surface area contributed by atoms with Crippen molar-refractivity contribution in [3.05, 3.63) is 59.9 Å². The molecule has 126 valence electrons. The Morgan fingerprint density at radius 3 is 2.88 bits per heavy atom. The molecule has 0 spiro atoms. The smallest absolute Gasteiger partial charge is 0.260 e. The molecule has 1 N–H and O–H groups in total. The number of amides is 1. The van der Waals surface area contributed by atoms with Crippen molar-refractivity contribution in [3.63, 3.8) is 0 Å². The Labute approximate surface area is 141 Å². The summed E-state index contributed by atoms with van der Waals surface area (Å²) in [6, 6.07) is 13.4. The van der Waals surface area contributed by atoms with Crippen LogP contribution in [0.15, 0.2) is 48.7 Å². The van der Waals surface area contributed by atoms with E-state index in [9.17, 15) is 9.90 Å². The van der Waals surface area contributed by atoms with Crippen LogP contribution in [0.3, 0.4) is 0 Å². The maximum absolute atomic E-state index is 12.4. The second kappa shape index (κ2) is 7.45. The average molecular weight is 326 g/mol. The topological polar surface area (TPSA) is 62.7 Å². The summed E-state index contributed by atoms with van der Waals surface area (Å²) < 4.78 is 5.60.